The van der Waals surface area contributed by atoms with Gasteiger partial charge in [-0.3, -0.25) is 4.79 Å². The van der Waals surface area contributed by atoms with Gasteiger partial charge in [0.05, 0.1) is 7.11 Å². The number of aliphatic carboxylic acids is 1. The van der Waals surface area contributed by atoms with E-state index in [4.69, 9.17) is 5.11 Å². The van der Waals surface area contributed by atoms with E-state index in [9.17, 15) is 14.4 Å². The molecule has 2 amide bonds. The molecule has 0 spiro atoms. The van der Waals surface area contributed by atoms with Gasteiger partial charge in [-0.05, 0) is 12.8 Å². The van der Waals surface area contributed by atoms with Gasteiger partial charge in [0.15, 0.2) is 0 Å². The fourth-order valence-electron chi connectivity index (χ4n) is 1.29. The second-order valence-corrected chi connectivity index (χ2v) is 4.10. The quantitative estimate of drug-likeness (QED) is 0.670. The summed E-state index contributed by atoms with van der Waals surface area (Å²) in [6.07, 6.45) is 0. The maximum absolute atomic E-state index is 11.8. The molecule has 0 heterocycles. The van der Waals surface area contributed by atoms with E-state index in [1.54, 1.807) is 20.8 Å². The highest BCUT2D eigenvalue weighted by Gasteiger charge is 2.26. The Kier molecular flexibility index (Phi) is 6.77. The second-order valence-electron chi connectivity index (χ2n) is 4.10. The number of nitrogens with one attached hydrogen (secondary N) is 1. The fourth-order valence-corrected chi connectivity index (χ4v) is 1.29. The average Bonchev–Trinajstić information content (AvgIpc) is 2.31. The minimum absolute atomic E-state index is 0.205. The van der Waals surface area contributed by atoms with Crippen molar-refractivity contribution in [2.45, 2.75) is 26.8 Å². The van der Waals surface area contributed by atoms with E-state index < -0.39 is 24.0 Å². The summed E-state index contributed by atoms with van der Waals surface area (Å²) in [7, 11) is 1.22. The van der Waals surface area contributed by atoms with Crippen molar-refractivity contribution in [3.8, 4) is 0 Å². The molecule has 0 aliphatic carbocycles. The van der Waals surface area contributed by atoms with Gasteiger partial charge in [-0.1, -0.05) is 13.8 Å². The number of ether oxygens (including phenoxy) is 1. The van der Waals surface area contributed by atoms with E-state index in [1.165, 1.54) is 12.0 Å². The lowest BCUT2D eigenvalue weighted by molar-refractivity contribution is -0.141. The standard InChI is InChI=1S/C11H20N2O5/c1-5-13(6-8(14)18-4)11(17)12-9(7(2)3)10(15)16/h7,9H,5-6H2,1-4H3,(H,12,17)(H,15,16). The zero-order chi connectivity index (χ0) is 14.3. The Bertz CT molecular complexity index is 317. The molecular formula is C11H20N2O5. The minimum atomic E-state index is -1.10. The number of carboxylic acid groups (broad SMARTS) is 1. The number of esters is 1. The number of methoxy groups -OCH3 is 1. The third-order valence-corrected chi connectivity index (χ3v) is 2.43. The molecule has 0 radical (unpaired) electrons. The molecule has 0 aromatic rings. The Labute approximate surface area is 106 Å². The topological polar surface area (TPSA) is 95.9 Å². The van der Waals surface area contributed by atoms with Gasteiger partial charge in [-0.2, -0.15) is 0 Å². The van der Waals surface area contributed by atoms with E-state index in [-0.39, 0.29) is 19.0 Å². The molecule has 1 unspecified atom stereocenters. The van der Waals surface area contributed by atoms with Crippen molar-refractivity contribution >= 4 is 18.0 Å². The molecule has 0 rings (SSSR count). The van der Waals surface area contributed by atoms with Crippen LogP contribution in [0.1, 0.15) is 20.8 Å². The summed E-state index contributed by atoms with van der Waals surface area (Å²) in [5.41, 5.74) is 0. The van der Waals surface area contributed by atoms with Gasteiger partial charge in [0, 0.05) is 6.54 Å². The fraction of sp³-hybridized carbons (Fsp3) is 0.727. The van der Waals surface area contributed by atoms with Crippen molar-refractivity contribution < 1.29 is 24.2 Å². The summed E-state index contributed by atoms with van der Waals surface area (Å²) in [4.78, 5) is 35.0. The van der Waals surface area contributed by atoms with Crippen molar-refractivity contribution in [3.63, 3.8) is 0 Å². The van der Waals surface area contributed by atoms with Gasteiger partial charge in [0.25, 0.3) is 0 Å². The minimum Gasteiger partial charge on any atom is -0.480 e. The first-order chi connectivity index (χ1) is 8.33. The Balaban J connectivity index is 4.60. The highest BCUT2D eigenvalue weighted by atomic mass is 16.5. The maximum atomic E-state index is 11.8. The predicted octanol–water partition coefficient (Wildman–Crippen LogP) is 0.300. The van der Waals surface area contributed by atoms with Crippen molar-refractivity contribution in [3.05, 3.63) is 0 Å². The molecular weight excluding hydrogens is 240 g/mol. The molecule has 1 atom stereocenters. The van der Waals surface area contributed by atoms with Crippen LogP contribution in [0.3, 0.4) is 0 Å². The molecule has 0 bridgehead atoms. The Morgan fingerprint density at radius 1 is 1.33 bits per heavy atom. The Hall–Kier alpha value is -1.79. The number of carbonyl (C=O) groups excluding carboxylic acids is 2. The Morgan fingerprint density at radius 3 is 2.22 bits per heavy atom. The molecule has 104 valence electrons. The first-order valence-electron chi connectivity index (χ1n) is 5.68. The zero-order valence-corrected chi connectivity index (χ0v) is 11.1. The van der Waals surface area contributed by atoms with Crippen LogP contribution in [0.2, 0.25) is 0 Å². The first kappa shape index (κ1) is 16.2. The van der Waals surface area contributed by atoms with Crippen LogP contribution in [-0.2, 0) is 14.3 Å². The number of urea groups is 1. The lowest BCUT2D eigenvalue weighted by Gasteiger charge is -2.24. The zero-order valence-electron chi connectivity index (χ0n) is 11.1. The number of nitrogens with zero attached hydrogens (tertiary/aromatic N) is 1. The van der Waals surface area contributed by atoms with Crippen LogP contribution in [0.25, 0.3) is 0 Å². The molecule has 7 nitrogen and oxygen atoms in total. The van der Waals surface area contributed by atoms with Crippen LogP contribution in [-0.4, -0.2) is 54.2 Å². The SMILES string of the molecule is CCN(CC(=O)OC)C(=O)NC(C(=O)O)C(C)C. The summed E-state index contributed by atoms with van der Waals surface area (Å²) in [5, 5.41) is 11.3. The molecule has 0 aliphatic rings. The first-order valence-corrected chi connectivity index (χ1v) is 5.68. The summed E-state index contributed by atoms with van der Waals surface area (Å²) in [5.74, 6) is -1.90. The molecule has 0 aromatic carbocycles. The lowest BCUT2D eigenvalue weighted by atomic mass is 10.1. The van der Waals surface area contributed by atoms with Crippen molar-refractivity contribution in [1.29, 1.82) is 0 Å². The molecule has 0 aromatic heterocycles. The van der Waals surface area contributed by atoms with Crippen LogP contribution in [0.5, 0.6) is 0 Å². The molecule has 2 N–H and O–H groups in total. The van der Waals surface area contributed by atoms with Crippen LogP contribution in [0.4, 0.5) is 4.79 Å². The summed E-state index contributed by atoms with van der Waals surface area (Å²) < 4.78 is 4.46. The van der Waals surface area contributed by atoms with E-state index in [0.29, 0.717) is 0 Å². The van der Waals surface area contributed by atoms with E-state index in [2.05, 4.69) is 10.1 Å². The number of carbonyl (C=O) groups is 3. The molecule has 7 heteroatoms. The number of hydrogen-bond donors (Lipinski definition) is 2. The van der Waals surface area contributed by atoms with Crippen molar-refractivity contribution in [2.75, 3.05) is 20.2 Å². The average molecular weight is 260 g/mol. The molecule has 0 saturated carbocycles. The molecule has 0 fully saturated rings. The number of rotatable bonds is 6. The van der Waals surface area contributed by atoms with E-state index in [1.807, 2.05) is 0 Å². The highest BCUT2D eigenvalue weighted by Crippen LogP contribution is 2.03. The van der Waals surface area contributed by atoms with Crippen LogP contribution in [0.15, 0.2) is 0 Å². The largest absolute Gasteiger partial charge is 0.480 e. The monoisotopic (exact) mass is 260 g/mol. The van der Waals surface area contributed by atoms with Crippen LogP contribution < -0.4 is 5.32 Å². The van der Waals surface area contributed by atoms with Gasteiger partial charge < -0.3 is 20.1 Å². The van der Waals surface area contributed by atoms with Gasteiger partial charge in [-0.25, -0.2) is 9.59 Å². The summed E-state index contributed by atoms with van der Waals surface area (Å²) >= 11 is 0. The normalized spacial score (nSPS) is 11.8. The molecule has 0 aliphatic heterocycles. The van der Waals surface area contributed by atoms with Gasteiger partial charge in [0.2, 0.25) is 0 Å². The smallest absolute Gasteiger partial charge is 0.326 e. The van der Waals surface area contributed by atoms with Crippen molar-refractivity contribution in [1.82, 2.24) is 10.2 Å². The van der Waals surface area contributed by atoms with E-state index in [0.717, 1.165) is 0 Å². The predicted molar refractivity (Wildman–Crippen MR) is 64.1 cm³/mol. The number of carboxylic acids is 1. The summed E-state index contributed by atoms with van der Waals surface area (Å²) in [6.45, 7) is 5.15. The van der Waals surface area contributed by atoms with E-state index >= 15 is 0 Å². The lowest BCUT2D eigenvalue weighted by Crippen LogP contribution is -2.51. The van der Waals surface area contributed by atoms with Crippen LogP contribution in [0, 0.1) is 5.92 Å². The Morgan fingerprint density at radius 2 is 1.89 bits per heavy atom. The number of likely N-dealkylation sites (N-methyl/N-ethyl adjacent to an activating group) is 1. The molecule has 0 saturated heterocycles. The highest BCUT2D eigenvalue weighted by molar-refractivity contribution is 5.85. The van der Waals surface area contributed by atoms with Gasteiger partial charge in [-0.15, -0.1) is 0 Å². The third-order valence-electron chi connectivity index (χ3n) is 2.43. The van der Waals surface area contributed by atoms with Gasteiger partial charge in [0.1, 0.15) is 12.6 Å². The molecule has 18 heavy (non-hydrogen) atoms. The summed E-state index contributed by atoms with van der Waals surface area (Å²) in [6, 6.07) is -1.58. The number of amides is 2. The maximum Gasteiger partial charge on any atom is 0.326 e. The van der Waals surface area contributed by atoms with Gasteiger partial charge >= 0.3 is 18.0 Å². The second kappa shape index (κ2) is 7.52. The number of hydrogen-bond acceptors (Lipinski definition) is 4. The van der Waals surface area contributed by atoms with Crippen molar-refractivity contribution in [2.24, 2.45) is 5.92 Å². The van der Waals surface area contributed by atoms with Crippen LogP contribution >= 0.6 is 0 Å². The third kappa shape index (κ3) is 5.03.